The standard InChI is InChI=1S/C17H23BN2O3/c1-16(2)17(3,4)23-18(22-16)14-10-19-20(11-14)15-8-6-7-13(9-15)12-21-5/h6-11H,12H2,1-5H3. The number of rotatable bonds is 4. The summed E-state index contributed by atoms with van der Waals surface area (Å²) in [6.45, 7) is 8.77. The van der Waals surface area contributed by atoms with Crippen LogP contribution in [0.4, 0.5) is 0 Å². The van der Waals surface area contributed by atoms with E-state index >= 15 is 0 Å². The third kappa shape index (κ3) is 3.07. The average molecular weight is 314 g/mol. The molecule has 0 aliphatic carbocycles. The Labute approximate surface area is 137 Å². The lowest BCUT2D eigenvalue weighted by Gasteiger charge is -2.32. The van der Waals surface area contributed by atoms with Crippen LogP contribution in [0.5, 0.6) is 0 Å². The fraction of sp³-hybridized carbons (Fsp3) is 0.471. The number of aromatic nitrogens is 2. The fourth-order valence-corrected chi connectivity index (χ4v) is 2.53. The van der Waals surface area contributed by atoms with Gasteiger partial charge in [0.05, 0.1) is 23.5 Å². The Morgan fingerprint density at radius 3 is 2.52 bits per heavy atom. The highest BCUT2D eigenvalue weighted by Crippen LogP contribution is 2.36. The Kier molecular flexibility index (Phi) is 4.08. The van der Waals surface area contributed by atoms with Crippen LogP contribution in [0.1, 0.15) is 33.3 Å². The van der Waals surface area contributed by atoms with Crippen molar-refractivity contribution in [1.82, 2.24) is 9.78 Å². The van der Waals surface area contributed by atoms with Crippen molar-refractivity contribution in [2.24, 2.45) is 0 Å². The smallest absolute Gasteiger partial charge is 0.399 e. The van der Waals surface area contributed by atoms with Crippen molar-refractivity contribution in [3.8, 4) is 5.69 Å². The van der Waals surface area contributed by atoms with Crippen molar-refractivity contribution >= 4 is 12.6 Å². The molecule has 23 heavy (non-hydrogen) atoms. The summed E-state index contributed by atoms with van der Waals surface area (Å²) in [4.78, 5) is 0. The van der Waals surface area contributed by atoms with Gasteiger partial charge in [-0.05, 0) is 45.4 Å². The van der Waals surface area contributed by atoms with Crippen LogP contribution in [-0.4, -0.2) is 35.2 Å². The Balaban J connectivity index is 1.83. The van der Waals surface area contributed by atoms with Gasteiger partial charge in [-0.25, -0.2) is 4.68 Å². The van der Waals surface area contributed by atoms with Crippen LogP contribution in [0.25, 0.3) is 5.69 Å². The summed E-state index contributed by atoms with van der Waals surface area (Å²) in [6, 6.07) is 8.11. The van der Waals surface area contributed by atoms with Gasteiger partial charge >= 0.3 is 7.12 Å². The lowest BCUT2D eigenvalue weighted by molar-refractivity contribution is 0.00578. The highest BCUT2D eigenvalue weighted by atomic mass is 16.7. The third-order valence-corrected chi connectivity index (χ3v) is 4.61. The number of benzene rings is 1. The topological polar surface area (TPSA) is 45.5 Å². The molecule has 0 N–H and O–H groups in total. The van der Waals surface area contributed by atoms with E-state index in [2.05, 4.69) is 11.2 Å². The van der Waals surface area contributed by atoms with Gasteiger partial charge in [-0.15, -0.1) is 0 Å². The van der Waals surface area contributed by atoms with Crippen LogP contribution < -0.4 is 5.46 Å². The number of methoxy groups -OCH3 is 1. The quantitative estimate of drug-likeness (QED) is 0.813. The molecule has 2 heterocycles. The molecule has 122 valence electrons. The Bertz CT molecular complexity index is 681. The molecule has 1 saturated heterocycles. The second-order valence-corrected chi connectivity index (χ2v) is 6.91. The summed E-state index contributed by atoms with van der Waals surface area (Å²) in [5, 5.41) is 4.44. The number of hydrogen-bond acceptors (Lipinski definition) is 4. The molecule has 1 aliphatic heterocycles. The normalized spacial score (nSPS) is 19.3. The first-order valence-corrected chi connectivity index (χ1v) is 7.81. The van der Waals surface area contributed by atoms with Crippen LogP contribution >= 0.6 is 0 Å². The lowest BCUT2D eigenvalue weighted by atomic mass is 9.82. The molecular weight excluding hydrogens is 291 g/mol. The fourth-order valence-electron chi connectivity index (χ4n) is 2.53. The molecule has 0 unspecified atom stereocenters. The maximum absolute atomic E-state index is 6.07. The number of nitrogens with zero attached hydrogens (tertiary/aromatic N) is 2. The van der Waals surface area contributed by atoms with Gasteiger partial charge in [-0.1, -0.05) is 12.1 Å². The number of ether oxygens (including phenoxy) is 1. The first kappa shape index (κ1) is 16.2. The van der Waals surface area contributed by atoms with Gasteiger partial charge in [0, 0.05) is 25.0 Å². The van der Waals surface area contributed by atoms with E-state index in [4.69, 9.17) is 14.0 Å². The Hall–Kier alpha value is -1.63. The highest BCUT2D eigenvalue weighted by molar-refractivity contribution is 6.62. The van der Waals surface area contributed by atoms with Crippen molar-refractivity contribution in [1.29, 1.82) is 0 Å². The van der Waals surface area contributed by atoms with Crippen LogP contribution in [0.15, 0.2) is 36.7 Å². The Morgan fingerprint density at radius 2 is 1.87 bits per heavy atom. The van der Waals surface area contributed by atoms with Crippen molar-refractivity contribution in [3.05, 3.63) is 42.2 Å². The average Bonchev–Trinajstić information content (AvgIpc) is 3.03. The molecule has 2 aromatic rings. The summed E-state index contributed by atoms with van der Waals surface area (Å²) in [5.41, 5.74) is 2.32. The van der Waals surface area contributed by atoms with Crippen LogP contribution in [-0.2, 0) is 20.7 Å². The van der Waals surface area contributed by atoms with Crippen molar-refractivity contribution in [2.75, 3.05) is 7.11 Å². The summed E-state index contributed by atoms with van der Waals surface area (Å²) in [7, 11) is 1.30. The molecule has 1 aliphatic rings. The van der Waals surface area contributed by atoms with E-state index < -0.39 is 7.12 Å². The minimum absolute atomic E-state index is 0.349. The van der Waals surface area contributed by atoms with Gasteiger partial charge in [0.2, 0.25) is 0 Å². The minimum Gasteiger partial charge on any atom is -0.399 e. The lowest BCUT2D eigenvalue weighted by Crippen LogP contribution is -2.41. The van der Waals surface area contributed by atoms with Crippen LogP contribution in [0, 0.1) is 0 Å². The van der Waals surface area contributed by atoms with E-state index in [1.165, 1.54) is 0 Å². The number of hydrogen-bond donors (Lipinski definition) is 0. The van der Waals surface area contributed by atoms with E-state index in [0.717, 1.165) is 16.7 Å². The third-order valence-electron chi connectivity index (χ3n) is 4.61. The largest absolute Gasteiger partial charge is 0.498 e. The maximum Gasteiger partial charge on any atom is 0.498 e. The minimum atomic E-state index is -0.393. The van der Waals surface area contributed by atoms with Crippen LogP contribution in [0.2, 0.25) is 0 Å². The molecule has 0 spiro atoms. The van der Waals surface area contributed by atoms with Gasteiger partial charge in [-0.3, -0.25) is 0 Å². The Morgan fingerprint density at radius 1 is 1.17 bits per heavy atom. The maximum atomic E-state index is 6.07. The van der Waals surface area contributed by atoms with Crippen molar-refractivity contribution in [3.63, 3.8) is 0 Å². The summed E-state index contributed by atoms with van der Waals surface area (Å²) in [5.74, 6) is 0. The van der Waals surface area contributed by atoms with Gasteiger partial charge in [0.1, 0.15) is 0 Å². The molecule has 0 radical (unpaired) electrons. The van der Waals surface area contributed by atoms with E-state index in [0.29, 0.717) is 6.61 Å². The molecule has 6 heteroatoms. The van der Waals surface area contributed by atoms with E-state index in [-0.39, 0.29) is 11.2 Å². The zero-order valence-electron chi connectivity index (χ0n) is 14.4. The molecule has 1 fully saturated rings. The molecular formula is C17H23BN2O3. The first-order valence-electron chi connectivity index (χ1n) is 7.81. The summed E-state index contributed by atoms with van der Waals surface area (Å²) >= 11 is 0. The molecule has 3 rings (SSSR count). The van der Waals surface area contributed by atoms with Gasteiger partial charge in [0.15, 0.2) is 0 Å². The zero-order valence-corrected chi connectivity index (χ0v) is 14.4. The first-order chi connectivity index (χ1) is 10.8. The van der Waals surface area contributed by atoms with Gasteiger partial charge in [0.25, 0.3) is 0 Å². The molecule has 0 amide bonds. The predicted octanol–water partition coefficient (Wildman–Crippen LogP) is 2.32. The van der Waals surface area contributed by atoms with E-state index in [1.807, 2.05) is 56.8 Å². The molecule has 1 aromatic heterocycles. The van der Waals surface area contributed by atoms with Crippen molar-refractivity contribution in [2.45, 2.75) is 45.5 Å². The van der Waals surface area contributed by atoms with E-state index in [9.17, 15) is 0 Å². The molecule has 1 aromatic carbocycles. The van der Waals surface area contributed by atoms with E-state index in [1.54, 1.807) is 13.3 Å². The summed E-state index contributed by atoms with van der Waals surface area (Å²) < 4.78 is 19.1. The van der Waals surface area contributed by atoms with Gasteiger partial charge in [-0.2, -0.15) is 5.10 Å². The zero-order chi connectivity index (χ0) is 16.7. The molecule has 0 bridgehead atoms. The predicted molar refractivity (Wildman–Crippen MR) is 90.0 cm³/mol. The second kappa shape index (κ2) is 5.78. The summed E-state index contributed by atoms with van der Waals surface area (Å²) in [6.07, 6.45) is 3.75. The molecule has 5 nitrogen and oxygen atoms in total. The molecule has 0 atom stereocenters. The highest BCUT2D eigenvalue weighted by Gasteiger charge is 2.52. The monoisotopic (exact) mass is 314 g/mol. The SMILES string of the molecule is COCc1cccc(-n2cc(B3OC(C)(C)C(C)(C)O3)cn2)c1. The van der Waals surface area contributed by atoms with Crippen LogP contribution in [0.3, 0.4) is 0 Å². The molecule has 0 saturated carbocycles. The van der Waals surface area contributed by atoms with Gasteiger partial charge < -0.3 is 14.0 Å². The second-order valence-electron chi connectivity index (χ2n) is 6.91. The van der Waals surface area contributed by atoms with Crippen molar-refractivity contribution < 1.29 is 14.0 Å².